The maximum atomic E-state index is 12.9. The molecule has 1 aromatic carbocycles. The van der Waals surface area contributed by atoms with Crippen LogP contribution in [0.3, 0.4) is 0 Å². The normalized spacial score (nSPS) is 25.0. The number of rotatable bonds is 1. The van der Waals surface area contributed by atoms with Gasteiger partial charge in [-0.25, -0.2) is 4.39 Å². The predicted molar refractivity (Wildman–Crippen MR) is 58.2 cm³/mol. The zero-order valence-corrected chi connectivity index (χ0v) is 9.15. The van der Waals surface area contributed by atoms with E-state index in [9.17, 15) is 4.39 Å². The van der Waals surface area contributed by atoms with Gasteiger partial charge in [0, 0.05) is 10.6 Å². The first-order valence-electron chi connectivity index (χ1n) is 5.28. The second-order valence-corrected chi connectivity index (χ2v) is 5.54. The van der Waals surface area contributed by atoms with Gasteiger partial charge in [0.1, 0.15) is 5.82 Å². The highest BCUT2D eigenvalue weighted by atomic mass is 35.5. The smallest absolute Gasteiger partial charge is 0.124 e. The molecule has 0 heterocycles. The van der Waals surface area contributed by atoms with Gasteiger partial charge in [0.15, 0.2) is 0 Å². The molecule has 0 bridgehead atoms. The standard InChI is InChI=1S/C12H13ClFN/c13-10-5-8(14)1-2-9(10)12(15)6-11(7-12)3-4-11/h1-2,5H,3-4,6-7,15H2. The molecular weight excluding hydrogens is 213 g/mol. The minimum Gasteiger partial charge on any atom is -0.321 e. The molecule has 2 N–H and O–H groups in total. The summed E-state index contributed by atoms with van der Waals surface area (Å²) in [5.41, 5.74) is 7.41. The number of nitrogens with two attached hydrogens (primary N) is 1. The van der Waals surface area contributed by atoms with Crippen molar-refractivity contribution in [3.63, 3.8) is 0 Å². The van der Waals surface area contributed by atoms with Crippen molar-refractivity contribution in [2.45, 2.75) is 31.2 Å². The number of halogens is 2. The maximum absolute atomic E-state index is 12.9. The minimum absolute atomic E-state index is 0.298. The lowest BCUT2D eigenvalue weighted by molar-refractivity contribution is 0.125. The first kappa shape index (κ1) is 9.61. The average Bonchev–Trinajstić information content (AvgIpc) is 2.82. The van der Waals surface area contributed by atoms with E-state index < -0.39 is 0 Å². The molecule has 1 spiro atoms. The Bertz CT molecular complexity index is 418. The van der Waals surface area contributed by atoms with Crippen LogP contribution in [-0.2, 0) is 5.54 Å². The summed E-state index contributed by atoms with van der Waals surface area (Å²) in [4.78, 5) is 0. The largest absolute Gasteiger partial charge is 0.321 e. The van der Waals surface area contributed by atoms with Gasteiger partial charge < -0.3 is 5.73 Å². The van der Waals surface area contributed by atoms with Crippen molar-refractivity contribution in [1.29, 1.82) is 0 Å². The summed E-state index contributed by atoms with van der Waals surface area (Å²) in [5.74, 6) is -0.298. The molecule has 2 fully saturated rings. The van der Waals surface area contributed by atoms with Crippen molar-refractivity contribution in [1.82, 2.24) is 0 Å². The Labute approximate surface area is 93.4 Å². The van der Waals surface area contributed by atoms with Gasteiger partial charge >= 0.3 is 0 Å². The summed E-state index contributed by atoms with van der Waals surface area (Å²) in [6, 6.07) is 4.52. The molecule has 0 unspecified atom stereocenters. The lowest BCUT2D eigenvalue weighted by atomic mass is 9.63. The first-order valence-corrected chi connectivity index (χ1v) is 5.65. The molecule has 15 heavy (non-hydrogen) atoms. The molecule has 2 aliphatic carbocycles. The SMILES string of the molecule is NC1(c2ccc(F)cc2Cl)CC2(CC2)C1. The topological polar surface area (TPSA) is 26.0 Å². The van der Waals surface area contributed by atoms with Crippen LogP contribution >= 0.6 is 11.6 Å². The highest BCUT2D eigenvalue weighted by molar-refractivity contribution is 6.31. The third-order valence-electron chi connectivity index (χ3n) is 3.81. The quantitative estimate of drug-likeness (QED) is 0.781. The molecule has 1 aromatic rings. The second-order valence-electron chi connectivity index (χ2n) is 5.13. The van der Waals surface area contributed by atoms with Crippen LogP contribution in [0, 0.1) is 11.2 Å². The number of hydrogen-bond acceptors (Lipinski definition) is 1. The van der Waals surface area contributed by atoms with E-state index >= 15 is 0 Å². The molecule has 80 valence electrons. The van der Waals surface area contributed by atoms with Crippen LogP contribution in [0.2, 0.25) is 5.02 Å². The molecule has 0 saturated heterocycles. The van der Waals surface area contributed by atoms with Crippen LogP contribution in [0.25, 0.3) is 0 Å². The van der Waals surface area contributed by atoms with Crippen LogP contribution in [0.5, 0.6) is 0 Å². The van der Waals surface area contributed by atoms with Crippen LogP contribution in [0.1, 0.15) is 31.2 Å². The highest BCUT2D eigenvalue weighted by Crippen LogP contribution is 2.67. The van der Waals surface area contributed by atoms with E-state index in [0.717, 1.165) is 18.4 Å². The zero-order chi connectivity index (χ0) is 10.7. The Hall–Kier alpha value is -0.600. The van der Waals surface area contributed by atoms with Gasteiger partial charge in [0.05, 0.1) is 0 Å². The minimum atomic E-state index is -0.304. The third-order valence-corrected chi connectivity index (χ3v) is 4.12. The zero-order valence-electron chi connectivity index (χ0n) is 8.39. The first-order chi connectivity index (χ1) is 7.03. The van der Waals surface area contributed by atoms with E-state index in [4.69, 9.17) is 17.3 Å². The lowest BCUT2D eigenvalue weighted by Crippen LogP contribution is -2.50. The average molecular weight is 226 g/mol. The summed E-state index contributed by atoms with van der Waals surface area (Å²) in [6.07, 6.45) is 4.60. The number of benzene rings is 1. The van der Waals surface area contributed by atoms with Gasteiger partial charge in [-0.1, -0.05) is 17.7 Å². The molecule has 1 nitrogen and oxygen atoms in total. The van der Waals surface area contributed by atoms with Gasteiger partial charge in [-0.3, -0.25) is 0 Å². The Morgan fingerprint density at radius 2 is 1.93 bits per heavy atom. The van der Waals surface area contributed by atoms with E-state index in [1.165, 1.54) is 25.0 Å². The molecule has 0 amide bonds. The Morgan fingerprint density at radius 1 is 1.27 bits per heavy atom. The van der Waals surface area contributed by atoms with E-state index in [2.05, 4.69) is 0 Å². The summed E-state index contributed by atoms with van der Waals surface area (Å²) in [7, 11) is 0. The number of hydrogen-bond donors (Lipinski definition) is 1. The van der Waals surface area contributed by atoms with E-state index in [1.807, 2.05) is 0 Å². The predicted octanol–water partition coefficient (Wildman–Crippen LogP) is 3.21. The summed E-state index contributed by atoms with van der Waals surface area (Å²) in [6.45, 7) is 0. The molecule has 3 heteroatoms. The monoisotopic (exact) mass is 225 g/mol. The van der Waals surface area contributed by atoms with Crippen molar-refractivity contribution in [3.8, 4) is 0 Å². The van der Waals surface area contributed by atoms with E-state index in [-0.39, 0.29) is 11.4 Å². The lowest BCUT2D eigenvalue weighted by Gasteiger charge is -2.46. The summed E-state index contributed by atoms with van der Waals surface area (Å²) >= 11 is 6.02. The Balaban J connectivity index is 1.92. The van der Waals surface area contributed by atoms with Gasteiger partial charge in [-0.05, 0) is 48.8 Å². The summed E-state index contributed by atoms with van der Waals surface area (Å²) < 4.78 is 12.9. The van der Waals surface area contributed by atoms with Crippen LogP contribution < -0.4 is 5.73 Å². The molecule has 0 atom stereocenters. The summed E-state index contributed by atoms with van der Waals surface area (Å²) in [5, 5.41) is 0.466. The fourth-order valence-corrected chi connectivity index (χ4v) is 3.26. The Kier molecular flexibility index (Phi) is 1.76. The third kappa shape index (κ3) is 1.39. The second kappa shape index (κ2) is 2.74. The van der Waals surface area contributed by atoms with Crippen LogP contribution in [0.15, 0.2) is 18.2 Å². The molecule has 2 aliphatic rings. The van der Waals surface area contributed by atoms with Gasteiger partial charge in [-0.15, -0.1) is 0 Å². The van der Waals surface area contributed by atoms with Crippen molar-refractivity contribution < 1.29 is 4.39 Å². The molecule has 2 saturated carbocycles. The van der Waals surface area contributed by atoms with Crippen molar-refractivity contribution >= 4 is 11.6 Å². The molecule has 0 aliphatic heterocycles. The van der Waals surface area contributed by atoms with Crippen molar-refractivity contribution in [2.24, 2.45) is 11.1 Å². The van der Waals surface area contributed by atoms with E-state index in [0.29, 0.717) is 10.4 Å². The van der Waals surface area contributed by atoms with Gasteiger partial charge in [0.2, 0.25) is 0 Å². The molecule has 0 aromatic heterocycles. The Morgan fingerprint density at radius 3 is 2.47 bits per heavy atom. The van der Waals surface area contributed by atoms with E-state index in [1.54, 1.807) is 6.07 Å². The molecule has 3 rings (SSSR count). The van der Waals surface area contributed by atoms with Crippen LogP contribution in [-0.4, -0.2) is 0 Å². The fraction of sp³-hybridized carbons (Fsp3) is 0.500. The van der Waals surface area contributed by atoms with Crippen molar-refractivity contribution in [3.05, 3.63) is 34.6 Å². The van der Waals surface area contributed by atoms with Crippen molar-refractivity contribution in [2.75, 3.05) is 0 Å². The van der Waals surface area contributed by atoms with Gasteiger partial charge in [0.25, 0.3) is 0 Å². The van der Waals surface area contributed by atoms with Crippen LogP contribution in [0.4, 0.5) is 4.39 Å². The molecule has 0 radical (unpaired) electrons. The maximum Gasteiger partial charge on any atom is 0.124 e. The highest BCUT2D eigenvalue weighted by Gasteiger charge is 2.60. The fourth-order valence-electron chi connectivity index (χ4n) is 2.90. The van der Waals surface area contributed by atoms with Gasteiger partial charge in [-0.2, -0.15) is 0 Å². The molecular formula is C12H13ClFN.